The van der Waals surface area contributed by atoms with E-state index in [-0.39, 0.29) is 23.6 Å². The molecule has 2 aromatic heterocycles. The Morgan fingerprint density at radius 2 is 2.18 bits per heavy atom. The number of aromatic nitrogens is 4. The highest BCUT2D eigenvalue weighted by Gasteiger charge is 2.29. The van der Waals surface area contributed by atoms with Crippen LogP contribution >= 0.6 is 0 Å². The number of carbonyl (C=O) groups excluding carboxylic acids is 1. The van der Waals surface area contributed by atoms with Gasteiger partial charge in [-0.05, 0) is 30.5 Å². The molecule has 1 amide bonds. The van der Waals surface area contributed by atoms with Gasteiger partial charge in [-0.15, -0.1) is 0 Å². The minimum Gasteiger partial charge on any atom is -0.368 e. The van der Waals surface area contributed by atoms with Crippen LogP contribution in [0.15, 0.2) is 42.9 Å². The molecule has 28 heavy (non-hydrogen) atoms. The summed E-state index contributed by atoms with van der Waals surface area (Å²) < 4.78 is 15.4. The van der Waals surface area contributed by atoms with E-state index in [2.05, 4.69) is 15.1 Å². The molecule has 7 nitrogen and oxygen atoms in total. The molecule has 4 rings (SSSR count). The Labute approximate surface area is 162 Å². The summed E-state index contributed by atoms with van der Waals surface area (Å²) in [5.74, 6) is -0.201. The average molecular weight is 380 g/mol. The van der Waals surface area contributed by atoms with E-state index < -0.39 is 0 Å². The van der Waals surface area contributed by atoms with E-state index in [0.717, 1.165) is 24.1 Å². The minimum atomic E-state index is -0.322. The van der Waals surface area contributed by atoms with Crippen molar-refractivity contribution in [3.8, 4) is 11.1 Å². The van der Waals surface area contributed by atoms with Crippen molar-refractivity contribution in [3.05, 3.63) is 59.9 Å². The Hall–Kier alpha value is -3.29. The largest absolute Gasteiger partial charge is 0.368 e. The lowest BCUT2D eigenvalue weighted by Crippen LogP contribution is -2.39. The second-order valence-electron chi connectivity index (χ2n) is 7.03. The van der Waals surface area contributed by atoms with Gasteiger partial charge in [0.2, 0.25) is 5.95 Å². The summed E-state index contributed by atoms with van der Waals surface area (Å²) in [6.07, 6.45) is 6.65. The van der Waals surface area contributed by atoms with Gasteiger partial charge in [0.1, 0.15) is 5.82 Å². The van der Waals surface area contributed by atoms with E-state index in [1.54, 1.807) is 36.4 Å². The first-order valence-electron chi connectivity index (χ1n) is 9.17. The number of halogens is 1. The van der Waals surface area contributed by atoms with Crippen LogP contribution in [0.4, 0.5) is 10.3 Å². The standard InChI is InChI=1S/C20H21FN6O/c1-26-11-15(9-24-26)19(28)27-7-3-5-14(12-27)18-17(10-23-20(22)25-18)13-4-2-6-16(21)8-13/h2,4,6,8-11,14H,3,5,7,12H2,1H3,(H2,22,23,25)/t14-/m1/s1. The van der Waals surface area contributed by atoms with Crippen molar-refractivity contribution in [1.82, 2.24) is 24.6 Å². The Morgan fingerprint density at radius 3 is 2.93 bits per heavy atom. The predicted molar refractivity (Wildman–Crippen MR) is 103 cm³/mol. The number of benzene rings is 1. The van der Waals surface area contributed by atoms with Crippen LogP contribution in [0, 0.1) is 5.82 Å². The van der Waals surface area contributed by atoms with Crippen LogP contribution in [0.25, 0.3) is 11.1 Å². The van der Waals surface area contributed by atoms with Crippen molar-refractivity contribution < 1.29 is 9.18 Å². The van der Waals surface area contributed by atoms with Crippen molar-refractivity contribution in [2.75, 3.05) is 18.8 Å². The molecular weight excluding hydrogens is 359 g/mol. The molecule has 0 unspecified atom stereocenters. The fourth-order valence-corrected chi connectivity index (χ4v) is 3.70. The number of anilines is 1. The Bertz CT molecular complexity index is 1020. The van der Waals surface area contributed by atoms with Gasteiger partial charge in [0, 0.05) is 44.0 Å². The number of likely N-dealkylation sites (tertiary alicyclic amines) is 1. The number of amides is 1. The highest BCUT2D eigenvalue weighted by Crippen LogP contribution is 2.34. The van der Waals surface area contributed by atoms with Gasteiger partial charge in [-0.2, -0.15) is 5.10 Å². The van der Waals surface area contributed by atoms with Crippen molar-refractivity contribution in [2.45, 2.75) is 18.8 Å². The van der Waals surface area contributed by atoms with E-state index in [0.29, 0.717) is 24.2 Å². The minimum absolute atomic E-state index is 0.00191. The molecule has 1 atom stereocenters. The van der Waals surface area contributed by atoms with Gasteiger partial charge >= 0.3 is 0 Å². The van der Waals surface area contributed by atoms with Crippen molar-refractivity contribution in [1.29, 1.82) is 0 Å². The van der Waals surface area contributed by atoms with Crippen LogP contribution in [0.2, 0.25) is 0 Å². The molecule has 1 aliphatic rings. The fraction of sp³-hybridized carbons (Fsp3) is 0.300. The number of hydrogen-bond donors (Lipinski definition) is 1. The third kappa shape index (κ3) is 3.58. The molecule has 0 bridgehead atoms. The molecule has 0 aliphatic carbocycles. The van der Waals surface area contributed by atoms with Crippen LogP contribution in [-0.4, -0.2) is 43.6 Å². The molecule has 1 saturated heterocycles. The van der Waals surface area contributed by atoms with Crippen LogP contribution in [0.3, 0.4) is 0 Å². The molecule has 0 saturated carbocycles. The molecule has 144 valence electrons. The zero-order valence-corrected chi connectivity index (χ0v) is 15.5. The lowest BCUT2D eigenvalue weighted by molar-refractivity contribution is 0.0706. The number of nitrogen functional groups attached to an aromatic ring is 1. The molecule has 1 aromatic carbocycles. The van der Waals surface area contributed by atoms with Crippen LogP contribution in [0.5, 0.6) is 0 Å². The number of piperidine rings is 1. The van der Waals surface area contributed by atoms with E-state index in [4.69, 9.17) is 5.73 Å². The number of nitrogens with two attached hydrogens (primary N) is 1. The summed E-state index contributed by atoms with van der Waals surface area (Å²) in [5, 5.41) is 4.08. The summed E-state index contributed by atoms with van der Waals surface area (Å²) in [4.78, 5) is 23.2. The Balaban J connectivity index is 1.65. The Morgan fingerprint density at radius 1 is 1.32 bits per heavy atom. The number of rotatable bonds is 3. The molecule has 0 radical (unpaired) electrons. The SMILES string of the molecule is Cn1cc(C(=O)N2CCC[C@@H](c3nc(N)ncc3-c3cccc(F)c3)C2)cn1. The maximum absolute atomic E-state index is 13.7. The van der Waals surface area contributed by atoms with Gasteiger partial charge in [-0.25, -0.2) is 14.4 Å². The summed E-state index contributed by atoms with van der Waals surface area (Å²) in [7, 11) is 1.78. The first-order chi connectivity index (χ1) is 13.5. The van der Waals surface area contributed by atoms with Crippen molar-refractivity contribution >= 4 is 11.9 Å². The molecule has 3 heterocycles. The van der Waals surface area contributed by atoms with Gasteiger partial charge in [0.25, 0.3) is 5.91 Å². The van der Waals surface area contributed by atoms with Crippen molar-refractivity contribution in [3.63, 3.8) is 0 Å². The fourth-order valence-electron chi connectivity index (χ4n) is 3.70. The van der Waals surface area contributed by atoms with E-state index in [1.807, 2.05) is 11.0 Å². The molecule has 3 aromatic rings. The zero-order chi connectivity index (χ0) is 19.7. The van der Waals surface area contributed by atoms with E-state index >= 15 is 0 Å². The third-order valence-electron chi connectivity index (χ3n) is 5.02. The number of hydrogen-bond acceptors (Lipinski definition) is 5. The smallest absolute Gasteiger partial charge is 0.257 e. The molecular formula is C20H21FN6O. The van der Waals surface area contributed by atoms with Gasteiger partial charge < -0.3 is 10.6 Å². The molecule has 1 fully saturated rings. The quantitative estimate of drug-likeness (QED) is 0.754. The zero-order valence-electron chi connectivity index (χ0n) is 15.5. The normalized spacial score (nSPS) is 16.9. The first kappa shape index (κ1) is 18.1. The second kappa shape index (κ2) is 7.38. The van der Waals surface area contributed by atoms with Gasteiger partial charge in [0.15, 0.2) is 0 Å². The highest BCUT2D eigenvalue weighted by atomic mass is 19.1. The number of aryl methyl sites for hydroxylation is 1. The van der Waals surface area contributed by atoms with Crippen molar-refractivity contribution in [2.24, 2.45) is 7.05 Å². The van der Waals surface area contributed by atoms with Crippen LogP contribution in [0.1, 0.15) is 34.8 Å². The van der Waals surface area contributed by atoms with E-state index in [1.165, 1.54) is 12.1 Å². The molecule has 2 N–H and O–H groups in total. The maximum atomic E-state index is 13.7. The third-order valence-corrected chi connectivity index (χ3v) is 5.02. The molecule has 0 spiro atoms. The monoisotopic (exact) mass is 380 g/mol. The number of carbonyl (C=O) groups is 1. The lowest BCUT2D eigenvalue weighted by atomic mass is 9.89. The van der Waals surface area contributed by atoms with Gasteiger partial charge in [0.05, 0.1) is 17.5 Å². The topological polar surface area (TPSA) is 89.9 Å². The molecule has 8 heteroatoms. The lowest BCUT2D eigenvalue weighted by Gasteiger charge is -2.33. The maximum Gasteiger partial charge on any atom is 0.257 e. The van der Waals surface area contributed by atoms with Crippen LogP contribution < -0.4 is 5.73 Å². The Kier molecular flexibility index (Phi) is 4.77. The van der Waals surface area contributed by atoms with Crippen LogP contribution in [-0.2, 0) is 7.05 Å². The summed E-state index contributed by atoms with van der Waals surface area (Å²) in [6, 6.07) is 6.34. The first-order valence-corrected chi connectivity index (χ1v) is 9.17. The average Bonchev–Trinajstić information content (AvgIpc) is 3.14. The second-order valence-corrected chi connectivity index (χ2v) is 7.03. The summed E-state index contributed by atoms with van der Waals surface area (Å²) >= 11 is 0. The summed E-state index contributed by atoms with van der Waals surface area (Å²) in [6.45, 7) is 1.20. The van der Waals surface area contributed by atoms with Gasteiger partial charge in [-0.1, -0.05) is 12.1 Å². The number of nitrogens with zero attached hydrogens (tertiary/aromatic N) is 5. The highest BCUT2D eigenvalue weighted by molar-refractivity contribution is 5.93. The summed E-state index contributed by atoms with van der Waals surface area (Å²) in [5.41, 5.74) is 8.60. The predicted octanol–water partition coefficient (Wildman–Crippen LogP) is 2.62. The molecule has 1 aliphatic heterocycles. The van der Waals surface area contributed by atoms with E-state index in [9.17, 15) is 9.18 Å². The van der Waals surface area contributed by atoms with Gasteiger partial charge in [-0.3, -0.25) is 9.48 Å².